The summed E-state index contributed by atoms with van der Waals surface area (Å²) in [5.41, 5.74) is 1.78. The number of hydrogen-bond acceptors (Lipinski definition) is 3. The van der Waals surface area contributed by atoms with E-state index in [0.29, 0.717) is 5.02 Å². The molecule has 1 saturated heterocycles. The van der Waals surface area contributed by atoms with Crippen molar-refractivity contribution in [3.05, 3.63) is 23.2 Å². The standard InChI is InChI=1S/C15H22ClN3O.2ClH/c1-12(20)17-14-6-5-13(16)11-15(14)18(2)9-10-19-7-3-4-8-19;;/h5-6,11H,3-4,7-10H2,1-2H3,(H,17,20);2*1H. The second-order valence-corrected chi connectivity index (χ2v) is 5.75. The van der Waals surface area contributed by atoms with Crippen molar-refractivity contribution in [1.29, 1.82) is 0 Å². The molecule has 7 heteroatoms. The Labute approximate surface area is 150 Å². The second kappa shape index (κ2) is 10.2. The van der Waals surface area contributed by atoms with E-state index in [1.165, 1.54) is 32.9 Å². The van der Waals surface area contributed by atoms with E-state index in [-0.39, 0.29) is 30.7 Å². The Balaban J connectivity index is 0.00000220. The van der Waals surface area contributed by atoms with Gasteiger partial charge in [-0.05, 0) is 44.1 Å². The first kappa shape index (κ1) is 21.3. The van der Waals surface area contributed by atoms with Crippen LogP contribution in [0.5, 0.6) is 0 Å². The lowest BCUT2D eigenvalue weighted by Gasteiger charge is -2.25. The highest BCUT2D eigenvalue weighted by molar-refractivity contribution is 6.31. The number of amides is 1. The van der Waals surface area contributed by atoms with Gasteiger partial charge in [-0.25, -0.2) is 0 Å². The van der Waals surface area contributed by atoms with Gasteiger partial charge in [-0.3, -0.25) is 4.79 Å². The Kier molecular flexibility index (Phi) is 9.85. The molecule has 2 rings (SSSR count). The Bertz CT molecular complexity index is 479. The van der Waals surface area contributed by atoms with E-state index < -0.39 is 0 Å². The average molecular weight is 369 g/mol. The highest BCUT2D eigenvalue weighted by Gasteiger charge is 2.14. The maximum Gasteiger partial charge on any atom is 0.221 e. The fraction of sp³-hybridized carbons (Fsp3) is 0.533. The molecule has 0 aliphatic carbocycles. The van der Waals surface area contributed by atoms with Crippen LogP contribution in [-0.2, 0) is 4.79 Å². The summed E-state index contributed by atoms with van der Waals surface area (Å²) < 4.78 is 0. The highest BCUT2D eigenvalue weighted by Crippen LogP contribution is 2.28. The maximum absolute atomic E-state index is 11.3. The number of nitrogens with zero attached hydrogens (tertiary/aromatic N) is 2. The van der Waals surface area contributed by atoms with E-state index in [9.17, 15) is 4.79 Å². The number of likely N-dealkylation sites (N-methyl/N-ethyl adjacent to an activating group) is 1. The molecular formula is C15H24Cl3N3O. The molecule has 1 heterocycles. The molecule has 1 N–H and O–H groups in total. The lowest BCUT2D eigenvalue weighted by molar-refractivity contribution is -0.114. The maximum atomic E-state index is 11.3. The van der Waals surface area contributed by atoms with Crippen molar-refractivity contribution < 1.29 is 4.79 Å². The molecule has 0 spiro atoms. The van der Waals surface area contributed by atoms with Crippen molar-refractivity contribution in [1.82, 2.24) is 4.90 Å². The molecule has 4 nitrogen and oxygen atoms in total. The Morgan fingerprint density at radius 1 is 1.32 bits per heavy atom. The Morgan fingerprint density at radius 3 is 2.55 bits per heavy atom. The lowest BCUT2D eigenvalue weighted by Crippen LogP contribution is -2.31. The van der Waals surface area contributed by atoms with Crippen LogP contribution in [-0.4, -0.2) is 44.0 Å². The molecule has 1 fully saturated rings. The van der Waals surface area contributed by atoms with Gasteiger partial charge in [0.1, 0.15) is 0 Å². The molecular weight excluding hydrogens is 345 g/mol. The number of anilines is 2. The summed E-state index contributed by atoms with van der Waals surface area (Å²) in [6.07, 6.45) is 2.61. The molecule has 0 unspecified atom stereocenters. The third kappa shape index (κ3) is 6.21. The SMILES string of the molecule is CC(=O)Nc1ccc(Cl)cc1N(C)CCN1CCCC1.Cl.Cl. The molecule has 0 saturated carbocycles. The summed E-state index contributed by atoms with van der Waals surface area (Å²) in [5, 5.41) is 3.54. The number of carbonyl (C=O) groups excluding carboxylic acids is 1. The number of rotatable bonds is 5. The van der Waals surface area contributed by atoms with E-state index >= 15 is 0 Å². The van der Waals surface area contributed by atoms with Crippen molar-refractivity contribution in [3.8, 4) is 0 Å². The largest absolute Gasteiger partial charge is 0.372 e. The quantitative estimate of drug-likeness (QED) is 0.861. The van der Waals surface area contributed by atoms with E-state index in [2.05, 4.69) is 15.1 Å². The fourth-order valence-electron chi connectivity index (χ4n) is 2.53. The minimum Gasteiger partial charge on any atom is -0.372 e. The van der Waals surface area contributed by atoms with E-state index in [0.717, 1.165) is 24.5 Å². The summed E-state index contributed by atoms with van der Waals surface area (Å²) in [5.74, 6) is -0.0680. The summed E-state index contributed by atoms with van der Waals surface area (Å²) >= 11 is 6.07. The van der Waals surface area contributed by atoms with E-state index in [1.807, 2.05) is 19.2 Å². The van der Waals surface area contributed by atoms with Crippen molar-refractivity contribution in [3.63, 3.8) is 0 Å². The van der Waals surface area contributed by atoms with Gasteiger partial charge in [0.05, 0.1) is 11.4 Å². The highest BCUT2D eigenvalue weighted by atomic mass is 35.5. The zero-order chi connectivity index (χ0) is 14.5. The molecule has 0 atom stereocenters. The number of benzene rings is 1. The summed E-state index contributed by atoms with van der Waals surface area (Å²) in [4.78, 5) is 15.9. The first-order chi connectivity index (χ1) is 9.56. The van der Waals surface area contributed by atoms with Gasteiger partial charge in [0.25, 0.3) is 0 Å². The minimum atomic E-state index is -0.0680. The number of hydrogen-bond donors (Lipinski definition) is 1. The first-order valence-electron chi connectivity index (χ1n) is 7.07. The van der Waals surface area contributed by atoms with E-state index in [1.54, 1.807) is 6.07 Å². The molecule has 22 heavy (non-hydrogen) atoms. The van der Waals surface area contributed by atoms with Gasteiger partial charge in [-0.15, -0.1) is 24.8 Å². The van der Waals surface area contributed by atoms with Crippen LogP contribution in [0.4, 0.5) is 11.4 Å². The molecule has 0 bridgehead atoms. The molecule has 1 aliphatic heterocycles. The topological polar surface area (TPSA) is 35.6 Å². The van der Waals surface area contributed by atoms with Gasteiger partial charge in [-0.2, -0.15) is 0 Å². The second-order valence-electron chi connectivity index (χ2n) is 5.31. The number of halogens is 3. The van der Waals surface area contributed by atoms with Crippen molar-refractivity contribution >= 4 is 53.7 Å². The molecule has 126 valence electrons. The van der Waals surface area contributed by atoms with Gasteiger partial charge >= 0.3 is 0 Å². The van der Waals surface area contributed by atoms with Crippen LogP contribution in [0.3, 0.4) is 0 Å². The zero-order valence-electron chi connectivity index (χ0n) is 13.0. The zero-order valence-corrected chi connectivity index (χ0v) is 15.4. The van der Waals surface area contributed by atoms with Crippen LogP contribution in [0.2, 0.25) is 5.02 Å². The van der Waals surface area contributed by atoms with Crippen LogP contribution in [0.15, 0.2) is 18.2 Å². The predicted molar refractivity (Wildman–Crippen MR) is 99.2 cm³/mol. The number of likely N-dealkylation sites (tertiary alicyclic amines) is 1. The molecule has 0 radical (unpaired) electrons. The predicted octanol–water partition coefficient (Wildman–Crippen LogP) is 3.67. The third-order valence-electron chi connectivity index (χ3n) is 3.63. The molecule has 1 aromatic rings. The van der Waals surface area contributed by atoms with Gasteiger partial charge in [-0.1, -0.05) is 11.6 Å². The summed E-state index contributed by atoms with van der Waals surface area (Å²) in [7, 11) is 2.03. The van der Waals surface area contributed by atoms with Gasteiger partial charge in [0, 0.05) is 32.1 Å². The van der Waals surface area contributed by atoms with Crippen molar-refractivity contribution in [2.45, 2.75) is 19.8 Å². The van der Waals surface area contributed by atoms with Crippen LogP contribution < -0.4 is 10.2 Å². The van der Waals surface area contributed by atoms with Crippen molar-refractivity contribution in [2.75, 3.05) is 43.4 Å². The minimum absolute atomic E-state index is 0. The normalized spacial score (nSPS) is 14.0. The first-order valence-corrected chi connectivity index (χ1v) is 7.44. The van der Waals surface area contributed by atoms with E-state index in [4.69, 9.17) is 11.6 Å². The summed E-state index contributed by atoms with van der Waals surface area (Å²) in [6.45, 7) is 5.88. The van der Waals surface area contributed by atoms with Crippen LogP contribution in [0, 0.1) is 0 Å². The number of nitrogens with one attached hydrogen (secondary N) is 1. The average Bonchev–Trinajstić information content (AvgIpc) is 2.90. The third-order valence-corrected chi connectivity index (χ3v) is 3.87. The van der Waals surface area contributed by atoms with Gasteiger partial charge < -0.3 is 15.1 Å². The van der Waals surface area contributed by atoms with Gasteiger partial charge in [0.2, 0.25) is 5.91 Å². The van der Waals surface area contributed by atoms with Gasteiger partial charge in [0.15, 0.2) is 0 Å². The fourth-order valence-corrected chi connectivity index (χ4v) is 2.70. The molecule has 0 aromatic heterocycles. The number of carbonyl (C=O) groups is 1. The lowest BCUT2D eigenvalue weighted by atomic mass is 10.2. The smallest absolute Gasteiger partial charge is 0.221 e. The Morgan fingerprint density at radius 2 is 1.95 bits per heavy atom. The molecule has 1 aromatic carbocycles. The molecule has 1 aliphatic rings. The van der Waals surface area contributed by atoms with Crippen molar-refractivity contribution in [2.24, 2.45) is 0 Å². The van der Waals surface area contributed by atoms with Crippen LogP contribution in [0.1, 0.15) is 19.8 Å². The summed E-state index contributed by atoms with van der Waals surface area (Å²) in [6, 6.07) is 5.55. The van der Waals surface area contributed by atoms with Crippen LogP contribution >= 0.6 is 36.4 Å². The monoisotopic (exact) mass is 367 g/mol. The molecule has 1 amide bonds. The van der Waals surface area contributed by atoms with Crippen LogP contribution in [0.25, 0.3) is 0 Å². The Hall–Kier alpha value is -0.680.